The maximum absolute atomic E-state index is 12.3. The first-order chi connectivity index (χ1) is 12.8. The van der Waals surface area contributed by atoms with Gasteiger partial charge in [-0.3, -0.25) is 9.59 Å². The molecule has 1 aromatic carbocycles. The number of carbonyl (C=O) groups is 3. The van der Waals surface area contributed by atoms with Crippen molar-refractivity contribution in [2.24, 2.45) is 11.7 Å². The Morgan fingerprint density at radius 2 is 2.11 bits per heavy atom. The molecule has 2 aromatic rings. The SMILES string of the molecule is NC(=O)NCCC[C@@H](CC(=O)Cc1csc(-c2cccc(Cl)c2)n1)C(=O)O. The number of rotatable bonds is 10. The van der Waals surface area contributed by atoms with Gasteiger partial charge < -0.3 is 16.2 Å². The number of Topliss-reactive ketones (excluding diaryl/α,β-unsaturated/α-hetero) is 1. The van der Waals surface area contributed by atoms with Gasteiger partial charge in [0.2, 0.25) is 0 Å². The highest BCUT2D eigenvalue weighted by Gasteiger charge is 2.21. The highest BCUT2D eigenvalue weighted by molar-refractivity contribution is 7.13. The summed E-state index contributed by atoms with van der Waals surface area (Å²) in [5.74, 6) is -2.01. The Bertz CT molecular complexity index is 824. The first kappa shape index (κ1) is 20.9. The van der Waals surface area contributed by atoms with Crippen molar-refractivity contribution in [1.82, 2.24) is 10.3 Å². The normalized spacial score (nSPS) is 11.7. The standard InChI is InChI=1S/C18H20ClN3O4S/c19-13-5-1-3-11(7-13)16-22-14(10-27-16)9-15(23)8-12(17(24)25)4-2-6-21-18(20)26/h1,3,5,7,10,12H,2,4,6,8-9H2,(H,24,25)(H3,20,21,26)/t12-/m0/s1. The second-order valence-electron chi connectivity index (χ2n) is 6.04. The van der Waals surface area contributed by atoms with E-state index in [4.69, 9.17) is 17.3 Å². The van der Waals surface area contributed by atoms with E-state index in [2.05, 4.69) is 10.3 Å². The van der Waals surface area contributed by atoms with Crippen molar-refractivity contribution in [2.45, 2.75) is 25.7 Å². The molecule has 0 radical (unpaired) electrons. The lowest BCUT2D eigenvalue weighted by molar-refractivity contribution is -0.144. The van der Waals surface area contributed by atoms with E-state index in [9.17, 15) is 19.5 Å². The molecule has 9 heteroatoms. The summed E-state index contributed by atoms with van der Waals surface area (Å²) in [5.41, 5.74) is 6.44. The molecule has 0 saturated heterocycles. The van der Waals surface area contributed by atoms with E-state index in [1.54, 1.807) is 17.5 Å². The smallest absolute Gasteiger partial charge is 0.312 e. The summed E-state index contributed by atoms with van der Waals surface area (Å²) in [6, 6.07) is 6.63. The van der Waals surface area contributed by atoms with Crippen LogP contribution in [0.3, 0.4) is 0 Å². The maximum atomic E-state index is 12.3. The number of carboxylic acids is 1. The maximum Gasteiger partial charge on any atom is 0.312 e. The number of benzene rings is 1. The molecule has 27 heavy (non-hydrogen) atoms. The monoisotopic (exact) mass is 409 g/mol. The topological polar surface area (TPSA) is 122 Å². The Balaban J connectivity index is 1.90. The molecule has 0 bridgehead atoms. The molecule has 2 amide bonds. The van der Waals surface area contributed by atoms with Crippen LogP contribution in [-0.2, 0) is 16.0 Å². The Labute approximate surface area is 165 Å². The quantitative estimate of drug-likeness (QED) is 0.520. The summed E-state index contributed by atoms with van der Waals surface area (Å²) in [4.78, 5) is 38.7. The molecule has 1 heterocycles. The Kier molecular flexibility index (Phi) is 7.75. The number of urea groups is 1. The summed E-state index contributed by atoms with van der Waals surface area (Å²) in [7, 11) is 0. The van der Waals surface area contributed by atoms with Gasteiger partial charge in [-0.15, -0.1) is 11.3 Å². The van der Waals surface area contributed by atoms with Crippen molar-refractivity contribution >= 4 is 40.7 Å². The number of carboxylic acid groups (broad SMARTS) is 1. The first-order valence-electron chi connectivity index (χ1n) is 8.33. The van der Waals surface area contributed by atoms with Crippen LogP contribution in [0.5, 0.6) is 0 Å². The van der Waals surface area contributed by atoms with Crippen LogP contribution < -0.4 is 11.1 Å². The molecule has 0 fully saturated rings. The number of hydrogen-bond donors (Lipinski definition) is 3. The van der Waals surface area contributed by atoms with Crippen LogP contribution in [0.15, 0.2) is 29.6 Å². The Hall–Kier alpha value is -2.45. The van der Waals surface area contributed by atoms with E-state index in [-0.39, 0.29) is 31.6 Å². The molecule has 1 atom stereocenters. The summed E-state index contributed by atoms with van der Waals surface area (Å²) in [6.45, 7) is 0.280. The number of aliphatic carboxylic acids is 1. The summed E-state index contributed by atoms with van der Waals surface area (Å²) < 4.78 is 0. The number of thiazole rings is 1. The molecule has 2 rings (SSSR count). The van der Waals surface area contributed by atoms with Gasteiger partial charge in [-0.05, 0) is 25.0 Å². The molecule has 0 aliphatic heterocycles. The molecular formula is C18H20ClN3O4S. The van der Waals surface area contributed by atoms with Gasteiger partial charge in [0.1, 0.15) is 10.8 Å². The van der Waals surface area contributed by atoms with E-state index in [1.807, 2.05) is 12.1 Å². The van der Waals surface area contributed by atoms with Crippen molar-refractivity contribution in [2.75, 3.05) is 6.54 Å². The zero-order valence-corrected chi connectivity index (χ0v) is 16.1. The average Bonchev–Trinajstić information content (AvgIpc) is 3.05. The molecule has 0 aliphatic carbocycles. The fourth-order valence-electron chi connectivity index (χ4n) is 2.56. The number of nitrogens with zero attached hydrogens (tertiary/aromatic N) is 1. The number of primary amides is 1. The predicted molar refractivity (Wildman–Crippen MR) is 104 cm³/mol. The van der Waals surface area contributed by atoms with Crippen LogP contribution in [0.25, 0.3) is 10.6 Å². The number of hydrogen-bond acceptors (Lipinski definition) is 5. The van der Waals surface area contributed by atoms with Crippen molar-refractivity contribution in [3.63, 3.8) is 0 Å². The van der Waals surface area contributed by atoms with Gasteiger partial charge in [-0.2, -0.15) is 0 Å². The fraction of sp³-hybridized carbons (Fsp3) is 0.333. The molecule has 0 spiro atoms. The second kappa shape index (κ2) is 10.0. The lowest BCUT2D eigenvalue weighted by Gasteiger charge is -2.11. The zero-order chi connectivity index (χ0) is 19.8. The minimum absolute atomic E-state index is 0.0735. The number of halogens is 1. The number of nitrogens with two attached hydrogens (primary N) is 1. The van der Waals surface area contributed by atoms with Gasteiger partial charge in [0.25, 0.3) is 0 Å². The predicted octanol–water partition coefficient (Wildman–Crippen LogP) is 3.11. The summed E-state index contributed by atoms with van der Waals surface area (Å²) in [6.07, 6.45) is 0.727. The van der Waals surface area contributed by atoms with Crippen LogP contribution in [0, 0.1) is 5.92 Å². The third-order valence-electron chi connectivity index (χ3n) is 3.85. The second-order valence-corrected chi connectivity index (χ2v) is 7.34. The molecule has 0 aliphatic rings. The molecular weight excluding hydrogens is 390 g/mol. The third-order valence-corrected chi connectivity index (χ3v) is 5.03. The van der Waals surface area contributed by atoms with Crippen LogP contribution in [0.1, 0.15) is 25.0 Å². The molecule has 0 unspecified atom stereocenters. The summed E-state index contributed by atoms with van der Waals surface area (Å²) >= 11 is 7.39. The minimum atomic E-state index is -1.03. The van der Waals surface area contributed by atoms with Crippen molar-refractivity contribution in [3.05, 3.63) is 40.4 Å². The number of ketones is 1. The van der Waals surface area contributed by atoms with E-state index < -0.39 is 17.9 Å². The number of nitrogens with one attached hydrogen (secondary N) is 1. The van der Waals surface area contributed by atoms with Gasteiger partial charge in [-0.25, -0.2) is 9.78 Å². The summed E-state index contributed by atoms with van der Waals surface area (Å²) in [5, 5.41) is 14.8. The highest BCUT2D eigenvalue weighted by atomic mass is 35.5. The molecule has 1 aromatic heterocycles. The van der Waals surface area contributed by atoms with Gasteiger partial charge in [0.05, 0.1) is 11.6 Å². The van der Waals surface area contributed by atoms with Gasteiger partial charge in [0, 0.05) is 35.4 Å². The number of aromatic nitrogens is 1. The average molecular weight is 410 g/mol. The Morgan fingerprint density at radius 3 is 2.78 bits per heavy atom. The van der Waals surface area contributed by atoms with Gasteiger partial charge in [-0.1, -0.05) is 23.7 Å². The molecule has 0 saturated carbocycles. The van der Waals surface area contributed by atoms with E-state index in [0.29, 0.717) is 17.1 Å². The van der Waals surface area contributed by atoms with E-state index in [1.165, 1.54) is 11.3 Å². The first-order valence-corrected chi connectivity index (χ1v) is 9.59. The fourth-order valence-corrected chi connectivity index (χ4v) is 3.57. The Morgan fingerprint density at radius 1 is 1.33 bits per heavy atom. The van der Waals surface area contributed by atoms with Gasteiger partial charge >= 0.3 is 12.0 Å². The van der Waals surface area contributed by atoms with Crippen LogP contribution in [-0.4, -0.2) is 34.4 Å². The van der Waals surface area contributed by atoms with Gasteiger partial charge in [0.15, 0.2) is 0 Å². The van der Waals surface area contributed by atoms with Crippen molar-refractivity contribution < 1.29 is 19.5 Å². The van der Waals surface area contributed by atoms with Crippen molar-refractivity contribution in [3.8, 4) is 10.6 Å². The lowest BCUT2D eigenvalue weighted by Crippen LogP contribution is -2.30. The van der Waals surface area contributed by atoms with Crippen LogP contribution in [0.4, 0.5) is 4.79 Å². The van der Waals surface area contributed by atoms with Crippen molar-refractivity contribution in [1.29, 1.82) is 0 Å². The van der Waals surface area contributed by atoms with E-state index >= 15 is 0 Å². The largest absolute Gasteiger partial charge is 0.481 e. The number of carbonyl (C=O) groups excluding carboxylic acids is 2. The molecule has 144 valence electrons. The molecule has 4 N–H and O–H groups in total. The van der Waals surface area contributed by atoms with Crippen LogP contribution >= 0.6 is 22.9 Å². The number of amides is 2. The molecule has 7 nitrogen and oxygen atoms in total. The van der Waals surface area contributed by atoms with Crippen LogP contribution in [0.2, 0.25) is 5.02 Å². The van der Waals surface area contributed by atoms with E-state index in [0.717, 1.165) is 10.6 Å². The lowest BCUT2D eigenvalue weighted by atomic mass is 9.95. The minimum Gasteiger partial charge on any atom is -0.481 e. The highest BCUT2D eigenvalue weighted by Crippen LogP contribution is 2.26. The third kappa shape index (κ3) is 6.99. The zero-order valence-electron chi connectivity index (χ0n) is 14.5.